The lowest BCUT2D eigenvalue weighted by molar-refractivity contribution is 0.497. The molecule has 0 amide bonds. The first-order chi connectivity index (χ1) is 24.6. The van der Waals surface area contributed by atoms with Crippen LogP contribution in [-0.4, -0.2) is 19.5 Å². The summed E-state index contributed by atoms with van der Waals surface area (Å²) in [7, 11) is 0. The molecule has 0 aliphatic rings. The van der Waals surface area contributed by atoms with Crippen LogP contribution >= 0.6 is 0 Å². The minimum absolute atomic E-state index is 0.261. The van der Waals surface area contributed by atoms with E-state index in [0.717, 1.165) is 45.1 Å². The van der Waals surface area contributed by atoms with Gasteiger partial charge in [-0.25, -0.2) is 15.0 Å². The van der Waals surface area contributed by atoms with Crippen LogP contribution in [0.25, 0.3) is 72.3 Å². The van der Waals surface area contributed by atoms with E-state index >= 15 is 0 Å². The Morgan fingerprint density at radius 3 is 1.27 bits per heavy atom. The van der Waals surface area contributed by atoms with E-state index in [1.165, 1.54) is 33.0 Å². The first-order valence-electron chi connectivity index (χ1n) is 17.7. The molecule has 0 atom stereocenters. The molecule has 4 nitrogen and oxygen atoms in total. The molecule has 8 rings (SSSR count). The molecule has 8 aromatic rings. The Kier molecular flexibility index (Phi) is 7.91. The van der Waals surface area contributed by atoms with Crippen LogP contribution in [0.1, 0.15) is 53.2 Å². The zero-order valence-corrected chi connectivity index (χ0v) is 30.1. The van der Waals surface area contributed by atoms with Gasteiger partial charge >= 0.3 is 0 Å². The third-order valence-electron chi connectivity index (χ3n) is 9.54. The molecular formula is C47H42N4. The van der Waals surface area contributed by atoms with Gasteiger partial charge in [0.1, 0.15) is 11.6 Å². The van der Waals surface area contributed by atoms with E-state index in [4.69, 9.17) is 15.0 Å². The number of para-hydroxylation sites is 1. The zero-order chi connectivity index (χ0) is 35.3. The number of rotatable bonds is 5. The molecule has 2 heterocycles. The summed E-state index contributed by atoms with van der Waals surface area (Å²) < 4.78 is 2.43. The number of benzene rings is 6. The van der Waals surface area contributed by atoms with Gasteiger partial charge in [-0.15, -0.1) is 0 Å². The van der Waals surface area contributed by atoms with Crippen molar-refractivity contribution in [1.29, 1.82) is 0 Å². The van der Waals surface area contributed by atoms with Gasteiger partial charge in [0.25, 0.3) is 0 Å². The lowest BCUT2D eigenvalue weighted by Crippen LogP contribution is -2.24. The van der Waals surface area contributed by atoms with Gasteiger partial charge < -0.3 is 4.57 Å². The molecule has 51 heavy (non-hydrogen) atoms. The highest BCUT2D eigenvalue weighted by molar-refractivity contribution is 6.12. The molecule has 0 bridgehead atoms. The lowest BCUT2D eigenvalue weighted by atomic mass is 9.92. The third-order valence-corrected chi connectivity index (χ3v) is 9.54. The average Bonchev–Trinajstić information content (AvgIpc) is 3.47. The van der Waals surface area contributed by atoms with Crippen molar-refractivity contribution in [3.63, 3.8) is 0 Å². The van der Waals surface area contributed by atoms with Crippen LogP contribution in [-0.2, 0) is 10.8 Å². The van der Waals surface area contributed by atoms with Gasteiger partial charge in [-0.3, -0.25) is 0 Å². The molecule has 0 N–H and O–H groups in total. The van der Waals surface area contributed by atoms with Crippen LogP contribution in [0.2, 0.25) is 0 Å². The highest BCUT2D eigenvalue weighted by Gasteiger charge is 2.28. The Morgan fingerprint density at radius 2 is 0.824 bits per heavy atom. The maximum Gasteiger partial charge on any atom is 0.165 e. The second-order valence-electron chi connectivity index (χ2n) is 15.4. The van der Waals surface area contributed by atoms with Crippen LogP contribution in [0.15, 0.2) is 146 Å². The smallest absolute Gasteiger partial charge is 0.165 e. The Morgan fingerprint density at radius 1 is 0.392 bits per heavy atom. The molecular weight excluding hydrogens is 621 g/mol. The van der Waals surface area contributed by atoms with Gasteiger partial charge in [-0.1, -0.05) is 157 Å². The van der Waals surface area contributed by atoms with E-state index in [1.54, 1.807) is 0 Å². The molecule has 0 radical (unpaired) electrons. The van der Waals surface area contributed by atoms with Crippen molar-refractivity contribution < 1.29 is 0 Å². The molecule has 0 aliphatic carbocycles. The molecule has 0 saturated heterocycles. The summed E-state index contributed by atoms with van der Waals surface area (Å²) in [5.41, 5.74) is 10.8. The standard InChI is InChI=1S/C47H42N4/c1-46(2,3)44-48-43(49-45(50-44)47(4,5)6)37-24-16-23-36(33-21-14-9-15-22-33)42(37)51-40-27-25-34(31-17-10-7-11-18-31)29-38(40)39-30-35(26-28-41(39)51)32-19-12-8-13-20-32/h7-30H,1-6H3. The summed E-state index contributed by atoms with van der Waals surface area (Å²) >= 11 is 0. The summed E-state index contributed by atoms with van der Waals surface area (Å²) in [6.45, 7) is 13.0. The van der Waals surface area contributed by atoms with Crippen LogP contribution in [0, 0.1) is 0 Å². The van der Waals surface area contributed by atoms with Crippen molar-refractivity contribution in [2.75, 3.05) is 0 Å². The number of fused-ring (bicyclic) bond motifs is 3. The summed E-state index contributed by atoms with van der Waals surface area (Å²) in [6.07, 6.45) is 0. The van der Waals surface area contributed by atoms with Gasteiger partial charge in [0.05, 0.1) is 16.7 Å². The quantitative estimate of drug-likeness (QED) is 0.184. The third kappa shape index (κ3) is 6.01. The second kappa shape index (κ2) is 12.5. The van der Waals surface area contributed by atoms with Gasteiger partial charge in [-0.05, 0) is 58.1 Å². The van der Waals surface area contributed by atoms with E-state index in [-0.39, 0.29) is 10.8 Å². The minimum atomic E-state index is -0.261. The summed E-state index contributed by atoms with van der Waals surface area (Å²) in [4.78, 5) is 15.5. The Labute approximate surface area is 300 Å². The van der Waals surface area contributed by atoms with Crippen molar-refractivity contribution >= 4 is 21.8 Å². The lowest BCUT2D eigenvalue weighted by Gasteiger charge is -2.24. The van der Waals surface area contributed by atoms with Crippen molar-refractivity contribution in [2.45, 2.75) is 52.4 Å². The maximum absolute atomic E-state index is 5.23. The number of hydrogen-bond acceptors (Lipinski definition) is 3. The van der Waals surface area contributed by atoms with Gasteiger partial charge in [0.15, 0.2) is 5.82 Å². The summed E-state index contributed by atoms with van der Waals surface area (Å²) in [5.74, 6) is 2.26. The number of nitrogens with zero attached hydrogens (tertiary/aromatic N) is 4. The zero-order valence-electron chi connectivity index (χ0n) is 30.1. The largest absolute Gasteiger partial charge is 0.308 e. The second-order valence-corrected chi connectivity index (χ2v) is 15.4. The predicted octanol–water partition coefficient (Wildman–Crippen LogP) is 12.2. The topological polar surface area (TPSA) is 43.6 Å². The Hall–Kier alpha value is -5.87. The first kappa shape index (κ1) is 32.3. The normalized spacial score (nSPS) is 12.1. The van der Waals surface area contributed by atoms with Gasteiger partial charge in [-0.2, -0.15) is 0 Å². The van der Waals surface area contributed by atoms with Crippen molar-refractivity contribution in [3.8, 4) is 50.5 Å². The minimum Gasteiger partial charge on any atom is -0.308 e. The highest BCUT2D eigenvalue weighted by atomic mass is 15.1. The molecule has 6 aromatic carbocycles. The van der Waals surface area contributed by atoms with E-state index < -0.39 is 0 Å². The van der Waals surface area contributed by atoms with E-state index in [0.29, 0.717) is 5.82 Å². The van der Waals surface area contributed by atoms with Crippen molar-refractivity contribution in [2.24, 2.45) is 0 Å². The summed E-state index contributed by atoms with van der Waals surface area (Å²) in [5, 5.41) is 2.39. The average molecular weight is 663 g/mol. The molecule has 0 saturated carbocycles. The number of hydrogen-bond donors (Lipinski definition) is 0. The molecule has 4 heteroatoms. The highest BCUT2D eigenvalue weighted by Crippen LogP contribution is 2.43. The molecule has 0 aliphatic heterocycles. The Balaban J connectivity index is 1.50. The SMILES string of the molecule is CC(C)(C)c1nc(-c2cccc(-c3ccccc3)c2-n2c3ccc(-c4ccccc4)cc3c3cc(-c4ccccc4)ccc32)nc(C(C)(C)C)n1. The first-order valence-corrected chi connectivity index (χ1v) is 17.7. The van der Waals surface area contributed by atoms with Crippen molar-refractivity contribution in [3.05, 3.63) is 157 Å². The fourth-order valence-electron chi connectivity index (χ4n) is 6.87. The molecule has 250 valence electrons. The van der Waals surface area contributed by atoms with E-state index in [1.807, 2.05) is 0 Å². The monoisotopic (exact) mass is 662 g/mol. The molecule has 0 spiro atoms. The predicted molar refractivity (Wildman–Crippen MR) is 213 cm³/mol. The summed E-state index contributed by atoms with van der Waals surface area (Å²) in [6, 6.07) is 52.2. The Bertz CT molecular complexity index is 2390. The fourth-order valence-corrected chi connectivity index (χ4v) is 6.87. The van der Waals surface area contributed by atoms with Crippen LogP contribution < -0.4 is 0 Å². The maximum atomic E-state index is 5.23. The number of aromatic nitrogens is 4. The van der Waals surface area contributed by atoms with Crippen LogP contribution in [0.3, 0.4) is 0 Å². The van der Waals surface area contributed by atoms with Crippen LogP contribution in [0.4, 0.5) is 0 Å². The van der Waals surface area contributed by atoms with Gasteiger partial charge in [0.2, 0.25) is 0 Å². The fraction of sp³-hybridized carbons (Fsp3) is 0.170. The van der Waals surface area contributed by atoms with E-state index in [9.17, 15) is 0 Å². The molecule has 0 fully saturated rings. The van der Waals surface area contributed by atoms with Crippen LogP contribution in [0.5, 0.6) is 0 Å². The van der Waals surface area contributed by atoms with Crippen molar-refractivity contribution in [1.82, 2.24) is 19.5 Å². The molecule has 0 unspecified atom stereocenters. The van der Waals surface area contributed by atoms with E-state index in [2.05, 4.69) is 192 Å². The van der Waals surface area contributed by atoms with Gasteiger partial charge in [0, 0.05) is 32.7 Å². The molecule has 2 aromatic heterocycles.